The average Bonchev–Trinajstić information content (AvgIpc) is 2.31. The second-order valence-electron chi connectivity index (χ2n) is 4.37. The van der Waals surface area contributed by atoms with E-state index < -0.39 is 17.1 Å². The van der Waals surface area contributed by atoms with E-state index in [1.165, 1.54) is 29.8 Å². The molecule has 1 aromatic carbocycles. The number of hydrogen-bond acceptors (Lipinski definition) is 3. The van der Waals surface area contributed by atoms with Gasteiger partial charge in [-0.1, -0.05) is 6.07 Å². The molecule has 0 bridgehead atoms. The Balaban J connectivity index is 2.94. The smallest absolute Gasteiger partial charge is 0.326 e. The number of halogens is 1. The van der Waals surface area contributed by atoms with Gasteiger partial charge in [-0.2, -0.15) is 0 Å². The van der Waals surface area contributed by atoms with Crippen LogP contribution in [0.3, 0.4) is 0 Å². The Bertz CT molecular complexity index is 716. The third kappa shape index (κ3) is 1.84. The minimum absolute atomic E-state index is 0.0653. The summed E-state index contributed by atoms with van der Waals surface area (Å²) >= 11 is 0. The van der Waals surface area contributed by atoms with Crippen LogP contribution in [0.15, 0.2) is 27.8 Å². The summed E-state index contributed by atoms with van der Waals surface area (Å²) in [5.74, 6) is -0.633. The zero-order valence-electron chi connectivity index (χ0n) is 10.2. The fourth-order valence-corrected chi connectivity index (χ4v) is 1.96. The first-order chi connectivity index (χ1) is 8.43. The monoisotopic (exact) mass is 251 g/mol. The molecule has 1 atom stereocenters. The molecular weight excluding hydrogens is 237 g/mol. The molecule has 0 radical (unpaired) electrons. The second-order valence-corrected chi connectivity index (χ2v) is 4.37. The van der Waals surface area contributed by atoms with Crippen molar-refractivity contribution < 1.29 is 4.39 Å². The largest absolute Gasteiger partial charge is 0.331 e. The molecule has 0 amide bonds. The standard InChI is InChI=1S/C12H14FN3O2/c1-7(14)6-16-11(17)10-8(13)4-3-5-9(10)15(2)12(16)18/h3-5,7H,6,14H2,1-2H3. The van der Waals surface area contributed by atoms with Gasteiger partial charge in [-0.25, -0.2) is 9.18 Å². The molecule has 5 nitrogen and oxygen atoms in total. The predicted molar refractivity (Wildman–Crippen MR) is 67.1 cm³/mol. The summed E-state index contributed by atoms with van der Waals surface area (Å²) < 4.78 is 15.9. The van der Waals surface area contributed by atoms with E-state index in [-0.39, 0.29) is 23.5 Å². The Hall–Kier alpha value is -1.95. The van der Waals surface area contributed by atoms with Crippen LogP contribution < -0.4 is 17.0 Å². The molecule has 1 unspecified atom stereocenters. The Morgan fingerprint density at radius 3 is 2.67 bits per heavy atom. The first-order valence-electron chi connectivity index (χ1n) is 5.57. The zero-order chi connectivity index (χ0) is 13.4. The fourth-order valence-electron chi connectivity index (χ4n) is 1.96. The van der Waals surface area contributed by atoms with Gasteiger partial charge in [0.15, 0.2) is 0 Å². The van der Waals surface area contributed by atoms with Crippen LogP contribution in [-0.4, -0.2) is 15.2 Å². The molecule has 0 saturated carbocycles. The van der Waals surface area contributed by atoms with Gasteiger partial charge in [-0.15, -0.1) is 0 Å². The Kier molecular flexibility index (Phi) is 3.04. The van der Waals surface area contributed by atoms with E-state index in [9.17, 15) is 14.0 Å². The molecule has 6 heteroatoms. The molecular formula is C12H14FN3O2. The molecule has 2 rings (SSSR count). The summed E-state index contributed by atoms with van der Waals surface area (Å²) in [5, 5.41) is -0.0831. The van der Waals surface area contributed by atoms with E-state index in [4.69, 9.17) is 5.73 Å². The van der Waals surface area contributed by atoms with Gasteiger partial charge in [-0.05, 0) is 19.1 Å². The minimum Gasteiger partial charge on any atom is -0.326 e. The summed E-state index contributed by atoms with van der Waals surface area (Å²) in [6.45, 7) is 1.74. The molecule has 2 aromatic rings. The van der Waals surface area contributed by atoms with Crippen molar-refractivity contribution in [3.63, 3.8) is 0 Å². The third-order valence-electron chi connectivity index (χ3n) is 2.80. The SMILES string of the molecule is CC(N)Cn1c(=O)c2c(F)cccc2n(C)c1=O. The minimum atomic E-state index is -0.636. The van der Waals surface area contributed by atoms with E-state index in [0.717, 1.165) is 4.57 Å². The average molecular weight is 251 g/mol. The van der Waals surface area contributed by atoms with Crippen molar-refractivity contribution in [1.29, 1.82) is 0 Å². The van der Waals surface area contributed by atoms with Crippen LogP contribution in [0.25, 0.3) is 10.9 Å². The van der Waals surface area contributed by atoms with Crippen molar-refractivity contribution in [2.24, 2.45) is 12.8 Å². The molecule has 18 heavy (non-hydrogen) atoms. The van der Waals surface area contributed by atoms with Crippen LogP contribution in [-0.2, 0) is 13.6 Å². The first-order valence-corrected chi connectivity index (χ1v) is 5.57. The summed E-state index contributed by atoms with van der Waals surface area (Å²) in [7, 11) is 1.50. The Morgan fingerprint density at radius 2 is 2.06 bits per heavy atom. The van der Waals surface area contributed by atoms with Gasteiger partial charge in [0, 0.05) is 19.6 Å². The number of fused-ring (bicyclic) bond motifs is 1. The van der Waals surface area contributed by atoms with Gasteiger partial charge in [-0.3, -0.25) is 13.9 Å². The van der Waals surface area contributed by atoms with Crippen LogP contribution in [0.2, 0.25) is 0 Å². The quantitative estimate of drug-likeness (QED) is 0.828. The van der Waals surface area contributed by atoms with Crippen molar-refractivity contribution in [2.75, 3.05) is 0 Å². The third-order valence-corrected chi connectivity index (χ3v) is 2.80. The van der Waals surface area contributed by atoms with Crippen LogP contribution in [0.5, 0.6) is 0 Å². The number of nitrogens with two attached hydrogens (primary N) is 1. The maximum absolute atomic E-state index is 13.7. The number of aromatic nitrogens is 2. The van der Waals surface area contributed by atoms with Gasteiger partial charge in [0.1, 0.15) is 5.82 Å². The maximum Gasteiger partial charge on any atom is 0.331 e. The van der Waals surface area contributed by atoms with Gasteiger partial charge in [0.25, 0.3) is 5.56 Å². The number of benzene rings is 1. The van der Waals surface area contributed by atoms with Gasteiger partial charge < -0.3 is 5.73 Å². The topological polar surface area (TPSA) is 70.0 Å². The molecule has 2 N–H and O–H groups in total. The normalized spacial score (nSPS) is 12.9. The lowest BCUT2D eigenvalue weighted by atomic mass is 10.2. The molecule has 0 saturated heterocycles. The van der Waals surface area contributed by atoms with Crippen molar-refractivity contribution in [2.45, 2.75) is 19.5 Å². The molecule has 1 aromatic heterocycles. The fraction of sp³-hybridized carbons (Fsp3) is 0.333. The highest BCUT2D eigenvalue weighted by Gasteiger charge is 2.14. The van der Waals surface area contributed by atoms with E-state index in [0.29, 0.717) is 0 Å². The summed E-state index contributed by atoms with van der Waals surface area (Å²) in [4.78, 5) is 24.1. The van der Waals surface area contributed by atoms with Crippen LogP contribution in [0, 0.1) is 5.82 Å². The molecule has 0 aliphatic carbocycles. The molecule has 1 heterocycles. The van der Waals surface area contributed by atoms with Crippen molar-refractivity contribution in [3.8, 4) is 0 Å². The van der Waals surface area contributed by atoms with E-state index in [2.05, 4.69) is 0 Å². The van der Waals surface area contributed by atoms with E-state index >= 15 is 0 Å². The lowest BCUT2D eigenvalue weighted by molar-refractivity contribution is 0.534. The summed E-state index contributed by atoms with van der Waals surface area (Å²) in [5.41, 5.74) is 4.75. The number of hydrogen-bond donors (Lipinski definition) is 1. The van der Waals surface area contributed by atoms with Gasteiger partial charge in [0.2, 0.25) is 0 Å². The van der Waals surface area contributed by atoms with E-state index in [1.54, 1.807) is 6.92 Å². The van der Waals surface area contributed by atoms with E-state index in [1.807, 2.05) is 0 Å². The maximum atomic E-state index is 13.7. The van der Waals surface area contributed by atoms with Crippen molar-refractivity contribution >= 4 is 10.9 Å². The Morgan fingerprint density at radius 1 is 1.39 bits per heavy atom. The number of rotatable bonds is 2. The lowest BCUT2D eigenvalue weighted by Crippen LogP contribution is -2.43. The highest BCUT2D eigenvalue weighted by atomic mass is 19.1. The Labute approximate surface area is 102 Å². The molecule has 0 aliphatic rings. The van der Waals surface area contributed by atoms with Crippen LogP contribution >= 0.6 is 0 Å². The lowest BCUT2D eigenvalue weighted by Gasteiger charge is -2.12. The molecule has 0 aliphatic heterocycles. The summed E-state index contributed by atoms with van der Waals surface area (Å²) in [6.07, 6.45) is 0. The van der Waals surface area contributed by atoms with Gasteiger partial charge >= 0.3 is 5.69 Å². The predicted octanol–water partition coefficient (Wildman–Crippen LogP) is 0.186. The number of aryl methyl sites for hydroxylation is 1. The van der Waals surface area contributed by atoms with Crippen molar-refractivity contribution in [1.82, 2.24) is 9.13 Å². The molecule has 0 spiro atoms. The van der Waals surface area contributed by atoms with Crippen LogP contribution in [0.4, 0.5) is 4.39 Å². The molecule has 0 fully saturated rings. The second kappa shape index (κ2) is 4.38. The highest BCUT2D eigenvalue weighted by molar-refractivity contribution is 5.78. The molecule has 96 valence electrons. The highest BCUT2D eigenvalue weighted by Crippen LogP contribution is 2.11. The first kappa shape index (κ1) is 12.5. The van der Waals surface area contributed by atoms with Gasteiger partial charge in [0.05, 0.1) is 10.9 Å². The van der Waals surface area contributed by atoms with Crippen molar-refractivity contribution in [3.05, 3.63) is 44.9 Å². The summed E-state index contributed by atoms with van der Waals surface area (Å²) in [6, 6.07) is 3.84. The number of nitrogens with zero attached hydrogens (tertiary/aromatic N) is 2. The van der Waals surface area contributed by atoms with Crippen LogP contribution in [0.1, 0.15) is 6.92 Å². The zero-order valence-corrected chi connectivity index (χ0v) is 10.2.